The average molecular weight is 679 g/mol. The van der Waals surface area contributed by atoms with Gasteiger partial charge in [-0.15, -0.1) is 0 Å². The second kappa shape index (κ2) is 37.8. The van der Waals surface area contributed by atoms with Gasteiger partial charge in [-0.1, -0.05) is 122 Å². The van der Waals surface area contributed by atoms with Crippen LogP contribution in [0.2, 0.25) is 0 Å². The van der Waals surface area contributed by atoms with Gasteiger partial charge in [-0.2, -0.15) is 0 Å². The molecule has 0 heterocycles. The van der Waals surface area contributed by atoms with Gasteiger partial charge in [0.25, 0.3) is 0 Å². The quantitative estimate of drug-likeness (QED) is 0.0390. The van der Waals surface area contributed by atoms with E-state index in [1.54, 1.807) is 13.8 Å². The van der Waals surface area contributed by atoms with E-state index >= 15 is 0 Å². The molecule has 0 aromatic rings. The lowest BCUT2D eigenvalue weighted by Crippen LogP contribution is -2.16. The van der Waals surface area contributed by atoms with Crippen molar-refractivity contribution < 1.29 is 28.7 Å². The average Bonchev–Trinajstić information content (AvgIpc) is 3.02. The van der Waals surface area contributed by atoms with Crippen LogP contribution in [0.1, 0.15) is 221 Å². The zero-order valence-electron chi connectivity index (χ0n) is 32.6. The Morgan fingerprint density at radius 2 is 0.792 bits per heavy atom. The van der Waals surface area contributed by atoms with Crippen LogP contribution >= 0.6 is 0 Å². The molecule has 0 saturated heterocycles. The Labute approximate surface area is 297 Å². The lowest BCUT2D eigenvalue weighted by molar-refractivity contribution is -0.147. The van der Waals surface area contributed by atoms with E-state index in [0.717, 1.165) is 77.0 Å². The number of esters is 2. The van der Waals surface area contributed by atoms with E-state index in [-0.39, 0.29) is 24.1 Å². The maximum Gasteiger partial charge on any atom is 0.302 e. The van der Waals surface area contributed by atoms with Gasteiger partial charge in [0.2, 0.25) is 0 Å². The molecule has 2 unspecified atom stereocenters. The first-order valence-electron chi connectivity index (χ1n) is 20.1. The second-order valence-corrected chi connectivity index (χ2v) is 13.9. The number of carbonyl (C=O) groups is 4. The van der Waals surface area contributed by atoms with Crippen molar-refractivity contribution in [1.82, 2.24) is 0 Å². The number of hydrogen-bond acceptors (Lipinski definition) is 6. The summed E-state index contributed by atoms with van der Waals surface area (Å²) >= 11 is 0. The molecule has 48 heavy (non-hydrogen) atoms. The Morgan fingerprint density at radius 3 is 1.21 bits per heavy atom. The van der Waals surface area contributed by atoms with Gasteiger partial charge < -0.3 is 19.1 Å². The molecule has 0 bridgehead atoms. The van der Waals surface area contributed by atoms with Crippen LogP contribution in [-0.4, -0.2) is 35.7 Å². The Kier molecular flexibility index (Phi) is 37.9. The molecule has 0 radical (unpaired) electrons. The molecule has 2 atom stereocenters. The van der Waals surface area contributed by atoms with Crippen molar-refractivity contribution in [2.45, 2.75) is 234 Å². The minimum Gasteiger partial charge on any atom is -0.463 e. The number of Topliss-reactive ketones (excluding diaryl/α,β-unsaturated/α-hetero) is 2. The van der Waals surface area contributed by atoms with Gasteiger partial charge in [-0.3, -0.25) is 9.59 Å². The third kappa shape index (κ3) is 42.0. The number of unbranched alkanes of at least 4 members (excludes halogenated alkanes) is 18. The van der Waals surface area contributed by atoms with Crippen molar-refractivity contribution in [2.75, 3.05) is 0 Å². The van der Waals surface area contributed by atoms with Gasteiger partial charge >= 0.3 is 11.9 Å². The molecule has 0 fully saturated rings. The van der Waals surface area contributed by atoms with Crippen LogP contribution in [0.4, 0.5) is 0 Å². The first-order valence-corrected chi connectivity index (χ1v) is 20.1. The first-order chi connectivity index (χ1) is 23.1. The number of ketones is 2. The van der Waals surface area contributed by atoms with Gasteiger partial charge in [0.05, 0.1) is 0 Å². The van der Waals surface area contributed by atoms with Crippen LogP contribution in [0.15, 0.2) is 12.2 Å². The minimum absolute atomic E-state index is 0.0437. The summed E-state index contributed by atoms with van der Waals surface area (Å²) in [6, 6.07) is 0. The summed E-state index contributed by atoms with van der Waals surface area (Å²) in [7, 11) is 0. The van der Waals surface area contributed by atoms with Crippen LogP contribution in [0, 0.1) is 0 Å². The van der Waals surface area contributed by atoms with E-state index < -0.39 is 0 Å². The maximum atomic E-state index is 11.2. The third-order valence-corrected chi connectivity index (χ3v) is 8.69. The summed E-state index contributed by atoms with van der Waals surface area (Å²) < 4.78 is 10.9. The fourth-order valence-corrected chi connectivity index (χ4v) is 5.89. The molecule has 6 nitrogen and oxygen atoms in total. The Balaban J connectivity index is 0. The smallest absolute Gasteiger partial charge is 0.302 e. The van der Waals surface area contributed by atoms with Crippen molar-refractivity contribution in [3.05, 3.63) is 12.2 Å². The van der Waals surface area contributed by atoms with E-state index in [4.69, 9.17) is 9.47 Å². The van der Waals surface area contributed by atoms with Crippen molar-refractivity contribution in [3.8, 4) is 0 Å². The predicted octanol–water partition coefficient (Wildman–Crippen LogP) is 12.5. The van der Waals surface area contributed by atoms with Crippen molar-refractivity contribution in [2.24, 2.45) is 0 Å². The summed E-state index contributed by atoms with van der Waals surface area (Å²) in [6.45, 7) is 10.8. The van der Waals surface area contributed by atoms with Gasteiger partial charge in [0.1, 0.15) is 23.8 Å². The van der Waals surface area contributed by atoms with E-state index in [2.05, 4.69) is 26.0 Å². The summed E-state index contributed by atoms with van der Waals surface area (Å²) in [5, 5.41) is 0. The van der Waals surface area contributed by atoms with Crippen LogP contribution in [-0.2, 0) is 28.7 Å². The Bertz CT molecular complexity index is 789. The highest BCUT2D eigenvalue weighted by Gasteiger charge is 2.12. The van der Waals surface area contributed by atoms with Crippen molar-refractivity contribution in [1.29, 1.82) is 0 Å². The molecule has 0 aliphatic heterocycles. The fraction of sp³-hybridized carbons (Fsp3) is 0.857. The van der Waals surface area contributed by atoms with Gasteiger partial charge in [0, 0.05) is 33.1 Å². The van der Waals surface area contributed by atoms with E-state index in [1.807, 2.05) is 0 Å². The molecule has 282 valence electrons. The highest BCUT2D eigenvalue weighted by atomic mass is 16.5. The van der Waals surface area contributed by atoms with Crippen LogP contribution in [0.25, 0.3) is 0 Å². The van der Waals surface area contributed by atoms with Gasteiger partial charge in [-0.05, 0) is 78.1 Å². The molecule has 0 aromatic carbocycles. The molecule has 0 aromatic heterocycles. The molecular weight excluding hydrogens is 600 g/mol. The second-order valence-electron chi connectivity index (χ2n) is 13.9. The lowest BCUT2D eigenvalue weighted by Gasteiger charge is -2.17. The summed E-state index contributed by atoms with van der Waals surface area (Å²) in [5.41, 5.74) is 0. The number of carbonyl (C=O) groups excluding carboxylic acids is 4. The first kappa shape index (κ1) is 48.1. The van der Waals surface area contributed by atoms with Crippen molar-refractivity contribution >= 4 is 23.5 Å². The monoisotopic (exact) mass is 679 g/mol. The third-order valence-electron chi connectivity index (χ3n) is 8.69. The van der Waals surface area contributed by atoms with Crippen LogP contribution < -0.4 is 0 Å². The molecule has 6 heteroatoms. The maximum absolute atomic E-state index is 11.2. The largest absolute Gasteiger partial charge is 0.463 e. The topological polar surface area (TPSA) is 86.7 Å². The van der Waals surface area contributed by atoms with E-state index in [1.165, 1.54) is 117 Å². The normalized spacial score (nSPS) is 12.3. The zero-order chi connectivity index (χ0) is 36.1. The SMILES string of the molecule is CCCCCCC(CC=CCCCCCCCC(C)=O)OC(C)=O.CCCCCCC(CCCCCCCCCCC(C)=O)OC(C)=O. The molecule has 0 aliphatic rings. The molecule has 0 amide bonds. The molecule has 0 N–H and O–H groups in total. The van der Waals surface area contributed by atoms with E-state index in [0.29, 0.717) is 11.6 Å². The standard InChI is InChI=1S/C21H40O3.C21H38O3/c2*1-4-5-6-14-17-21(24-20(3)23)18-15-12-10-8-7-9-11-13-16-19(2)22/h21H,4-18H2,1-3H3;12,15,21H,4-11,13-14,16-18H2,1-3H3. The number of rotatable bonds is 33. The minimum atomic E-state index is -0.172. The highest BCUT2D eigenvalue weighted by molar-refractivity contribution is 5.75. The Hall–Kier alpha value is -1.98. The summed E-state index contributed by atoms with van der Waals surface area (Å²) in [5.74, 6) is 0.303. The zero-order valence-corrected chi connectivity index (χ0v) is 32.6. The predicted molar refractivity (Wildman–Crippen MR) is 202 cm³/mol. The highest BCUT2D eigenvalue weighted by Crippen LogP contribution is 2.17. The number of ether oxygens (including phenoxy) is 2. The number of allylic oxidation sites excluding steroid dienone is 1. The molecule has 0 rings (SSSR count). The molecule has 0 saturated carbocycles. The summed E-state index contributed by atoms with van der Waals surface area (Å²) in [4.78, 5) is 44.1. The molecular formula is C42H78O6. The van der Waals surface area contributed by atoms with Crippen LogP contribution in [0.3, 0.4) is 0 Å². The molecule has 0 spiro atoms. The Morgan fingerprint density at radius 1 is 0.438 bits per heavy atom. The number of hydrogen-bond donors (Lipinski definition) is 0. The fourth-order valence-electron chi connectivity index (χ4n) is 5.89. The van der Waals surface area contributed by atoms with E-state index in [9.17, 15) is 19.2 Å². The van der Waals surface area contributed by atoms with Crippen molar-refractivity contribution in [3.63, 3.8) is 0 Å². The van der Waals surface area contributed by atoms with Gasteiger partial charge in [0.15, 0.2) is 0 Å². The van der Waals surface area contributed by atoms with Gasteiger partial charge in [-0.25, -0.2) is 0 Å². The van der Waals surface area contributed by atoms with Crippen LogP contribution in [0.5, 0.6) is 0 Å². The summed E-state index contributed by atoms with van der Waals surface area (Å²) in [6.07, 6.45) is 36.3. The molecule has 0 aliphatic carbocycles. The lowest BCUT2D eigenvalue weighted by atomic mass is 10.0.